The van der Waals surface area contributed by atoms with Gasteiger partial charge in [-0.25, -0.2) is 9.69 Å². The Bertz CT molecular complexity index is 1930. The first-order valence-corrected chi connectivity index (χ1v) is 15.9. The molecular weight excluding hydrogens is 691 g/mol. The van der Waals surface area contributed by atoms with E-state index in [-0.39, 0.29) is 35.3 Å². The fourth-order valence-corrected chi connectivity index (χ4v) is 9.16. The van der Waals surface area contributed by atoms with E-state index >= 15 is 0 Å². The largest absolute Gasteiger partial charge is 0.508 e. The molecule has 3 N–H and O–H groups in total. The molecule has 2 aliphatic carbocycles. The molecule has 6 atom stereocenters. The van der Waals surface area contributed by atoms with Crippen molar-refractivity contribution in [3.63, 3.8) is 0 Å². The van der Waals surface area contributed by atoms with Crippen LogP contribution < -0.4 is 4.90 Å². The molecule has 7 rings (SSSR count). The van der Waals surface area contributed by atoms with Crippen LogP contribution in [0.2, 0.25) is 0 Å². The average Bonchev–Trinajstić information content (AvgIpc) is 3.35. The predicted octanol–water partition coefficient (Wildman–Crippen LogP) is 4.87. The number of phenolic OH excluding ortho intramolecular Hbond substituents is 1. The van der Waals surface area contributed by atoms with Gasteiger partial charge in [0.2, 0.25) is 11.8 Å². The fraction of sp³-hybridized carbons (Fsp3) is 0.281. The second-order valence-electron chi connectivity index (χ2n) is 11.7. The van der Waals surface area contributed by atoms with Crippen molar-refractivity contribution in [1.82, 2.24) is 4.90 Å². The smallest absolute Gasteiger partial charge is 0.339 e. The zero-order chi connectivity index (χ0) is 32.2. The number of fused-ring (bicyclic) bond motifs is 5. The van der Waals surface area contributed by atoms with Gasteiger partial charge in [-0.05, 0) is 47.7 Å². The number of likely N-dealkylation sites (tertiary alicyclic amines) is 1. The normalized spacial score (nSPS) is 30.8. The number of amides is 4. The Labute approximate surface area is 273 Å². The number of phenols is 2. The van der Waals surface area contributed by atoms with E-state index in [1.165, 1.54) is 12.1 Å². The highest BCUT2D eigenvalue weighted by atomic mass is 79.9. The van der Waals surface area contributed by atoms with E-state index in [2.05, 4.69) is 15.9 Å². The number of allylic oxidation sites excluding steroid dienone is 2. The topological polar surface area (TPSA) is 153 Å². The van der Waals surface area contributed by atoms with E-state index in [0.717, 1.165) is 27.3 Å². The molecule has 13 heteroatoms. The molecule has 0 spiro atoms. The van der Waals surface area contributed by atoms with Crippen molar-refractivity contribution in [3.8, 4) is 11.5 Å². The van der Waals surface area contributed by atoms with Crippen molar-refractivity contribution in [2.45, 2.75) is 28.5 Å². The molecule has 2 heterocycles. The quantitative estimate of drug-likeness (QED) is 0.150. The van der Waals surface area contributed by atoms with Gasteiger partial charge < -0.3 is 15.3 Å². The van der Waals surface area contributed by atoms with Gasteiger partial charge in [0, 0.05) is 17.5 Å². The van der Waals surface area contributed by atoms with Gasteiger partial charge in [-0.1, -0.05) is 57.9 Å². The Morgan fingerprint density at radius 1 is 0.933 bits per heavy atom. The summed E-state index contributed by atoms with van der Waals surface area (Å²) in [5, 5.41) is 32.3. The first kappa shape index (κ1) is 29.8. The van der Waals surface area contributed by atoms with Crippen molar-refractivity contribution in [2.24, 2.45) is 17.8 Å². The summed E-state index contributed by atoms with van der Waals surface area (Å²) in [6.45, 7) is 0. The van der Waals surface area contributed by atoms with Gasteiger partial charge in [-0.3, -0.25) is 24.1 Å². The van der Waals surface area contributed by atoms with Crippen LogP contribution in [0.1, 0.15) is 34.7 Å². The van der Waals surface area contributed by atoms with Crippen LogP contribution in [0.15, 0.2) is 66.2 Å². The summed E-state index contributed by atoms with van der Waals surface area (Å²) in [6.07, 6.45) is 1.61. The summed E-state index contributed by atoms with van der Waals surface area (Å²) >= 11 is 17.8. The van der Waals surface area contributed by atoms with Crippen LogP contribution in [0.5, 0.6) is 11.5 Å². The summed E-state index contributed by atoms with van der Waals surface area (Å²) in [4.78, 5) is 65.0. The minimum absolute atomic E-state index is 0.00707. The lowest BCUT2D eigenvalue weighted by Crippen LogP contribution is -2.60. The van der Waals surface area contributed by atoms with Crippen LogP contribution in [0, 0.1) is 17.8 Å². The summed E-state index contributed by atoms with van der Waals surface area (Å²) in [5.74, 6) is -8.73. The maximum atomic E-state index is 14.2. The predicted molar refractivity (Wildman–Crippen MR) is 167 cm³/mol. The number of carbonyl (C=O) groups is 5. The average molecular weight is 714 g/mol. The second kappa shape index (κ2) is 10.0. The molecule has 6 unspecified atom stereocenters. The highest BCUT2D eigenvalue weighted by Crippen LogP contribution is 2.66. The number of rotatable bonds is 4. The molecule has 45 heavy (non-hydrogen) atoms. The van der Waals surface area contributed by atoms with Crippen LogP contribution in [-0.2, 0) is 19.2 Å². The van der Waals surface area contributed by atoms with E-state index in [9.17, 15) is 39.3 Å². The minimum Gasteiger partial charge on any atom is -0.508 e. The number of alkyl halides is 3. The molecule has 0 aromatic heterocycles. The van der Waals surface area contributed by atoms with Gasteiger partial charge in [0.05, 0.1) is 23.0 Å². The number of halogens is 3. The maximum Gasteiger partial charge on any atom is 0.339 e. The molecule has 230 valence electrons. The van der Waals surface area contributed by atoms with Gasteiger partial charge in [0.1, 0.15) is 17.1 Å². The lowest BCUT2D eigenvalue weighted by atomic mass is 9.56. The number of carboxylic acid groups (broad SMARTS) is 1. The number of carboxylic acids is 1. The molecule has 3 aromatic rings. The molecule has 3 aromatic carbocycles. The van der Waals surface area contributed by atoms with Gasteiger partial charge in [0.25, 0.3) is 11.8 Å². The van der Waals surface area contributed by atoms with Crippen LogP contribution in [0.4, 0.5) is 5.69 Å². The molecule has 3 fully saturated rings. The minimum atomic E-state index is -2.08. The lowest BCUT2D eigenvalue weighted by molar-refractivity contribution is -0.138. The maximum absolute atomic E-state index is 14.2. The molecule has 4 aliphatic rings. The van der Waals surface area contributed by atoms with Crippen molar-refractivity contribution >= 4 is 85.2 Å². The summed E-state index contributed by atoms with van der Waals surface area (Å²) in [5.41, 5.74) is 0.208. The summed E-state index contributed by atoms with van der Waals surface area (Å²) < 4.78 is 0. The van der Waals surface area contributed by atoms with Crippen LogP contribution in [0.3, 0.4) is 0 Å². The molecule has 2 aliphatic heterocycles. The number of benzene rings is 3. The molecule has 2 saturated heterocycles. The third-order valence-electron chi connectivity index (χ3n) is 9.72. The van der Waals surface area contributed by atoms with Crippen LogP contribution in [0.25, 0.3) is 10.8 Å². The van der Waals surface area contributed by atoms with Crippen molar-refractivity contribution in [3.05, 3.63) is 77.4 Å². The van der Waals surface area contributed by atoms with Gasteiger partial charge in [-0.2, -0.15) is 0 Å². The highest BCUT2D eigenvalue weighted by Gasteiger charge is 2.76. The Morgan fingerprint density at radius 2 is 1.67 bits per heavy atom. The Hall–Kier alpha value is -3.93. The van der Waals surface area contributed by atoms with E-state index in [1.807, 2.05) is 12.1 Å². The molecule has 0 radical (unpaired) electrons. The first-order valence-electron chi connectivity index (χ1n) is 14.0. The number of hydrogen-bond donors (Lipinski definition) is 3. The van der Waals surface area contributed by atoms with Crippen molar-refractivity contribution in [1.29, 1.82) is 0 Å². The molecule has 0 bridgehead atoms. The van der Waals surface area contributed by atoms with E-state index in [1.54, 1.807) is 24.3 Å². The summed E-state index contributed by atoms with van der Waals surface area (Å²) in [6, 6.07) is 13.8. The van der Waals surface area contributed by atoms with E-state index in [0.29, 0.717) is 11.0 Å². The van der Waals surface area contributed by atoms with Crippen molar-refractivity contribution < 1.29 is 39.3 Å². The zero-order valence-electron chi connectivity index (χ0n) is 23.1. The molecule has 4 amide bonds. The second-order valence-corrected chi connectivity index (χ2v) is 13.5. The third-order valence-corrected chi connectivity index (χ3v) is 11.6. The van der Waals surface area contributed by atoms with E-state index in [4.69, 9.17) is 23.2 Å². The Kier molecular flexibility index (Phi) is 6.64. The van der Waals surface area contributed by atoms with Crippen LogP contribution in [-0.4, -0.2) is 65.0 Å². The molecule has 10 nitrogen and oxygen atoms in total. The molecule has 1 saturated carbocycles. The monoisotopic (exact) mass is 712 g/mol. The number of anilines is 1. The standard InChI is InChI=1S/C32H23BrCl2N2O8/c33-13-36-29(44)31(34)12-20-17(25(32(31,35)30(36)45)24-16-4-2-1-3-14(16)5-10-21(24)38)8-9-19-23(20)27(41)37(26(19)40)15-6-7-18(28(42)43)22(39)11-15/h1-8,10-11,19-20,23,25,38-39H,9,12-13H2,(H,42,43). The lowest BCUT2D eigenvalue weighted by Gasteiger charge is -2.51. The molecular formula is C32H23BrCl2N2O8. The van der Waals surface area contributed by atoms with E-state index < -0.39 is 74.3 Å². The number of hydrogen-bond acceptors (Lipinski definition) is 7. The number of aromatic hydroxyl groups is 2. The third kappa shape index (κ3) is 3.77. The van der Waals surface area contributed by atoms with Gasteiger partial charge >= 0.3 is 5.97 Å². The summed E-state index contributed by atoms with van der Waals surface area (Å²) in [7, 11) is 0. The van der Waals surface area contributed by atoms with Crippen LogP contribution >= 0.6 is 39.1 Å². The van der Waals surface area contributed by atoms with Gasteiger partial charge in [0.15, 0.2) is 9.75 Å². The Balaban J connectivity index is 1.42. The van der Waals surface area contributed by atoms with Gasteiger partial charge in [-0.15, -0.1) is 23.2 Å². The SMILES string of the molecule is O=C(O)c1ccc(N2C(=O)C3CC=C4C(CC5(Cl)C(=O)N(CBr)C(=O)C5(Cl)C4c4c(O)ccc5ccccc45)C3C2=O)cc1O. The number of aromatic carboxylic acids is 1. The van der Waals surface area contributed by atoms with Crippen molar-refractivity contribution in [2.75, 3.05) is 10.4 Å². The highest BCUT2D eigenvalue weighted by molar-refractivity contribution is 9.09. The number of carbonyl (C=O) groups excluding carboxylic acids is 4. The zero-order valence-corrected chi connectivity index (χ0v) is 26.2. The fourth-order valence-electron chi connectivity index (χ4n) is 7.75. The first-order chi connectivity index (χ1) is 21.4. The number of nitrogens with zero attached hydrogens (tertiary/aromatic N) is 2. The Morgan fingerprint density at radius 3 is 2.36 bits per heavy atom. The number of imide groups is 2.